The van der Waals surface area contributed by atoms with E-state index >= 15 is 0 Å². The lowest BCUT2D eigenvalue weighted by molar-refractivity contribution is 0.106. The second-order valence-corrected chi connectivity index (χ2v) is 8.56. The quantitative estimate of drug-likeness (QED) is 0.841. The van der Waals surface area contributed by atoms with Crippen molar-refractivity contribution >= 4 is 0 Å². The maximum atomic E-state index is 3.75. The fraction of sp³-hybridized carbons (Fsp3) is 1.00. The Morgan fingerprint density at radius 3 is 2.52 bits per heavy atom. The van der Waals surface area contributed by atoms with E-state index in [1.807, 2.05) is 0 Å². The third kappa shape index (κ3) is 4.43. The van der Waals surface area contributed by atoms with E-state index in [4.69, 9.17) is 0 Å². The fourth-order valence-corrected chi connectivity index (χ4v) is 4.66. The number of rotatable bonds is 5. The molecule has 1 saturated heterocycles. The van der Waals surface area contributed by atoms with Crippen molar-refractivity contribution in [3.8, 4) is 0 Å². The van der Waals surface area contributed by atoms with Crippen LogP contribution < -0.4 is 5.32 Å². The lowest BCUT2D eigenvalue weighted by Gasteiger charge is -2.42. The molecule has 3 heteroatoms. The standard InChI is InChI=1S/C18H37N3/c1-7-19-16-8-9-18(3,4)10-15(16)12-21-11-14(2)17(13-21)20(5)6/h14-17,19H,7-13H2,1-6H3. The first-order valence-corrected chi connectivity index (χ1v) is 8.94. The lowest BCUT2D eigenvalue weighted by atomic mass is 9.69. The fourth-order valence-electron chi connectivity index (χ4n) is 4.66. The molecule has 0 aromatic rings. The van der Waals surface area contributed by atoms with E-state index in [0.717, 1.165) is 30.5 Å². The molecule has 0 aromatic heterocycles. The van der Waals surface area contributed by atoms with Gasteiger partial charge in [-0.1, -0.05) is 27.7 Å². The summed E-state index contributed by atoms with van der Waals surface area (Å²) in [6.45, 7) is 14.5. The average Bonchev–Trinajstić information content (AvgIpc) is 2.73. The van der Waals surface area contributed by atoms with E-state index in [2.05, 4.69) is 56.9 Å². The zero-order valence-electron chi connectivity index (χ0n) is 15.2. The van der Waals surface area contributed by atoms with Gasteiger partial charge in [-0.2, -0.15) is 0 Å². The van der Waals surface area contributed by atoms with Crippen molar-refractivity contribution in [1.82, 2.24) is 15.1 Å². The molecule has 2 aliphatic rings. The molecule has 4 unspecified atom stereocenters. The minimum atomic E-state index is 0.531. The van der Waals surface area contributed by atoms with Gasteiger partial charge in [0.1, 0.15) is 0 Å². The van der Waals surface area contributed by atoms with Crippen molar-refractivity contribution in [1.29, 1.82) is 0 Å². The Balaban J connectivity index is 1.95. The van der Waals surface area contributed by atoms with Crippen LogP contribution in [0.2, 0.25) is 0 Å². The van der Waals surface area contributed by atoms with Crippen molar-refractivity contribution in [3.05, 3.63) is 0 Å². The van der Waals surface area contributed by atoms with E-state index < -0.39 is 0 Å². The van der Waals surface area contributed by atoms with E-state index in [1.54, 1.807) is 0 Å². The predicted molar refractivity (Wildman–Crippen MR) is 91.7 cm³/mol. The third-order valence-electron chi connectivity index (χ3n) is 5.79. The van der Waals surface area contributed by atoms with Gasteiger partial charge in [-0.05, 0) is 57.2 Å². The second kappa shape index (κ2) is 6.97. The Morgan fingerprint density at radius 2 is 1.95 bits per heavy atom. The summed E-state index contributed by atoms with van der Waals surface area (Å²) < 4.78 is 0. The van der Waals surface area contributed by atoms with Crippen molar-refractivity contribution in [3.63, 3.8) is 0 Å². The normalized spacial score (nSPS) is 37.3. The molecule has 1 aliphatic heterocycles. The highest BCUT2D eigenvalue weighted by Gasteiger charge is 2.38. The van der Waals surface area contributed by atoms with Gasteiger partial charge in [0, 0.05) is 31.7 Å². The molecule has 2 fully saturated rings. The first-order valence-electron chi connectivity index (χ1n) is 8.94. The first kappa shape index (κ1) is 17.2. The van der Waals surface area contributed by atoms with Crippen LogP contribution in [-0.4, -0.2) is 62.2 Å². The summed E-state index contributed by atoms with van der Waals surface area (Å²) in [5.74, 6) is 1.62. The second-order valence-electron chi connectivity index (χ2n) is 8.56. The largest absolute Gasteiger partial charge is 0.314 e. The van der Waals surface area contributed by atoms with Crippen molar-refractivity contribution in [2.75, 3.05) is 40.3 Å². The minimum Gasteiger partial charge on any atom is -0.314 e. The topological polar surface area (TPSA) is 18.5 Å². The van der Waals surface area contributed by atoms with Gasteiger partial charge >= 0.3 is 0 Å². The van der Waals surface area contributed by atoms with Crippen LogP contribution in [0.25, 0.3) is 0 Å². The zero-order chi connectivity index (χ0) is 15.6. The van der Waals surface area contributed by atoms with Gasteiger partial charge in [0.15, 0.2) is 0 Å². The van der Waals surface area contributed by atoms with Gasteiger partial charge in [-0.3, -0.25) is 0 Å². The highest BCUT2D eigenvalue weighted by molar-refractivity contribution is 4.93. The van der Waals surface area contributed by atoms with Crippen LogP contribution in [0.3, 0.4) is 0 Å². The minimum absolute atomic E-state index is 0.531. The first-order chi connectivity index (χ1) is 9.82. The molecule has 124 valence electrons. The lowest BCUT2D eigenvalue weighted by Crippen LogP contribution is -2.47. The molecule has 0 radical (unpaired) electrons. The number of hydrogen-bond donors (Lipinski definition) is 1. The summed E-state index contributed by atoms with van der Waals surface area (Å²) >= 11 is 0. The summed E-state index contributed by atoms with van der Waals surface area (Å²) in [4.78, 5) is 5.14. The monoisotopic (exact) mass is 295 g/mol. The van der Waals surface area contributed by atoms with Crippen LogP contribution in [0.15, 0.2) is 0 Å². The number of nitrogens with zero attached hydrogens (tertiary/aromatic N) is 2. The number of likely N-dealkylation sites (N-methyl/N-ethyl adjacent to an activating group) is 1. The molecule has 1 heterocycles. The van der Waals surface area contributed by atoms with E-state index in [9.17, 15) is 0 Å². The molecule has 1 N–H and O–H groups in total. The molecule has 0 spiro atoms. The predicted octanol–water partition coefficient (Wildman–Crippen LogP) is 2.67. The summed E-state index contributed by atoms with van der Waals surface area (Å²) in [6, 6.07) is 1.47. The molecule has 0 amide bonds. The molecule has 0 bridgehead atoms. The zero-order valence-corrected chi connectivity index (χ0v) is 15.2. The molecule has 0 aromatic carbocycles. The van der Waals surface area contributed by atoms with Gasteiger partial charge in [0.05, 0.1) is 0 Å². The Hall–Kier alpha value is -0.120. The van der Waals surface area contributed by atoms with Crippen LogP contribution in [-0.2, 0) is 0 Å². The van der Waals surface area contributed by atoms with Gasteiger partial charge in [-0.15, -0.1) is 0 Å². The smallest absolute Gasteiger partial charge is 0.0254 e. The summed E-state index contributed by atoms with van der Waals surface area (Å²) in [6.07, 6.45) is 4.10. The maximum absolute atomic E-state index is 3.75. The van der Waals surface area contributed by atoms with E-state index in [-0.39, 0.29) is 0 Å². The van der Waals surface area contributed by atoms with Crippen LogP contribution in [0.1, 0.15) is 47.0 Å². The van der Waals surface area contributed by atoms with E-state index in [0.29, 0.717) is 5.41 Å². The summed E-state index contributed by atoms with van der Waals surface area (Å²) in [7, 11) is 4.46. The number of nitrogens with one attached hydrogen (secondary N) is 1. The Bertz CT molecular complexity index is 326. The molecule has 1 aliphatic carbocycles. The van der Waals surface area contributed by atoms with Gasteiger partial charge in [-0.25, -0.2) is 0 Å². The van der Waals surface area contributed by atoms with Crippen molar-refractivity contribution in [2.24, 2.45) is 17.3 Å². The number of likely N-dealkylation sites (tertiary alicyclic amines) is 1. The van der Waals surface area contributed by atoms with Crippen LogP contribution in [0.4, 0.5) is 0 Å². The molecular weight excluding hydrogens is 258 g/mol. The Morgan fingerprint density at radius 1 is 1.24 bits per heavy atom. The molecule has 1 saturated carbocycles. The van der Waals surface area contributed by atoms with Crippen molar-refractivity contribution < 1.29 is 0 Å². The summed E-state index contributed by atoms with van der Waals surface area (Å²) in [5, 5.41) is 3.75. The number of hydrogen-bond acceptors (Lipinski definition) is 3. The van der Waals surface area contributed by atoms with Crippen molar-refractivity contribution in [2.45, 2.75) is 59.0 Å². The Kier molecular flexibility index (Phi) is 5.72. The highest BCUT2D eigenvalue weighted by Crippen LogP contribution is 2.39. The summed E-state index contributed by atoms with van der Waals surface area (Å²) in [5.41, 5.74) is 0.531. The van der Waals surface area contributed by atoms with Crippen LogP contribution in [0.5, 0.6) is 0 Å². The average molecular weight is 296 g/mol. The SMILES string of the molecule is CCNC1CCC(C)(C)CC1CN1CC(C)C(N(C)C)C1. The molecule has 4 atom stereocenters. The molecular formula is C18H37N3. The third-order valence-corrected chi connectivity index (χ3v) is 5.79. The van der Waals surface area contributed by atoms with Gasteiger partial charge in [0.2, 0.25) is 0 Å². The van der Waals surface area contributed by atoms with Crippen LogP contribution in [0, 0.1) is 17.3 Å². The highest BCUT2D eigenvalue weighted by atomic mass is 15.2. The molecule has 3 nitrogen and oxygen atoms in total. The molecule has 21 heavy (non-hydrogen) atoms. The van der Waals surface area contributed by atoms with Gasteiger partial charge in [0.25, 0.3) is 0 Å². The van der Waals surface area contributed by atoms with E-state index in [1.165, 1.54) is 38.9 Å². The molecule has 2 rings (SSSR count). The van der Waals surface area contributed by atoms with Crippen LogP contribution >= 0.6 is 0 Å². The maximum Gasteiger partial charge on any atom is 0.0254 e. The Labute approximate surface area is 132 Å². The van der Waals surface area contributed by atoms with Gasteiger partial charge < -0.3 is 15.1 Å².